The van der Waals surface area contributed by atoms with Gasteiger partial charge < -0.3 is 0 Å². The van der Waals surface area contributed by atoms with Gasteiger partial charge in [0.1, 0.15) is 0 Å². The van der Waals surface area contributed by atoms with Gasteiger partial charge >= 0.3 is 0 Å². The SMILES string of the molecule is CCCC[P+](CC)(CCCC)CCCC.c1nn[nH]n1. The fourth-order valence-corrected chi connectivity index (χ4v) is 7.00. The van der Waals surface area contributed by atoms with Gasteiger partial charge in [-0.25, -0.2) is 0 Å². The Balaban J connectivity index is 0.000000595. The number of aromatic amines is 1. The van der Waals surface area contributed by atoms with E-state index in [1.54, 1.807) is 18.5 Å². The van der Waals surface area contributed by atoms with Crippen LogP contribution < -0.4 is 0 Å². The molecule has 0 aliphatic carbocycles. The molecule has 0 aromatic carbocycles. The quantitative estimate of drug-likeness (QED) is 0.641. The van der Waals surface area contributed by atoms with Crippen LogP contribution in [0.2, 0.25) is 0 Å². The molecule has 1 rings (SSSR count). The van der Waals surface area contributed by atoms with E-state index in [0.29, 0.717) is 0 Å². The van der Waals surface area contributed by atoms with Crippen LogP contribution in [-0.2, 0) is 0 Å². The maximum Gasteiger partial charge on any atom is 0.161 e. The Bertz CT molecular complexity index is 238. The highest BCUT2D eigenvalue weighted by molar-refractivity contribution is 7.75. The summed E-state index contributed by atoms with van der Waals surface area (Å²) in [7, 11) is -0.527. The van der Waals surface area contributed by atoms with Crippen molar-refractivity contribution in [2.75, 3.05) is 24.6 Å². The van der Waals surface area contributed by atoms with Crippen LogP contribution in [0.5, 0.6) is 0 Å². The highest BCUT2D eigenvalue weighted by Gasteiger charge is 2.32. The molecule has 0 bridgehead atoms. The Kier molecular flexibility index (Phi) is 13.1. The lowest BCUT2D eigenvalue weighted by molar-refractivity contribution is 0.834. The van der Waals surface area contributed by atoms with E-state index in [-0.39, 0.29) is 0 Å². The van der Waals surface area contributed by atoms with Crippen LogP contribution in [0, 0.1) is 0 Å². The van der Waals surface area contributed by atoms with E-state index in [2.05, 4.69) is 48.3 Å². The molecule has 0 spiro atoms. The second-order valence-corrected chi connectivity index (χ2v) is 10.1. The van der Waals surface area contributed by atoms with Crippen LogP contribution in [0.15, 0.2) is 6.33 Å². The molecule has 0 radical (unpaired) electrons. The zero-order valence-corrected chi connectivity index (χ0v) is 14.8. The van der Waals surface area contributed by atoms with E-state index in [0.717, 1.165) is 0 Å². The van der Waals surface area contributed by atoms with Crippen molar-refractivity contribution < 1.29 is 0 Å². The fourth-order valence-electron chi connectivity index (χ4n) is 2.42. The summed E-state index contributed by atoms with van der Waals surface area (Å²) >= 11 is 0. The summed E-state index contributed by atoms with van der Waals surface area (Å²) in [5.74, 6) is 0. The number of nitrogens with one attached hydrogen (secondary N) is 1. The lowest BCUT2D eigenvalue weighted by Gasteiger charge is -2.26. The topological polar surface area (TPSA) is 54.5 Å². The standard InChI is InChI=1S/C14H32P.CH2N4/c1-5-9-12-15(8-4,13-10-6-2)14-11-7-3;1-2-4-5-3-1/h5-14H2,1-4H3;1H,(H,2,3,4,5)/q+1;. The van der Waals surface area contributed by atoms with E-state index in [1.165, 1.54) is 51.0 Å². The number of H-pyrrole nitrogens is 1. The Labute approximate surface area is 125 Å². The van der Waals surface area contributed by atoms with Crippen molar-refractivity contribution in [2.24, 2.45) is 0 Å². The second kappa shape index (κ2) is 13.5. The molecule has 0 unspecified atom stereocenters. The summed E-state index contributed by atoms with van der Waals surface area (Å²) in [4.78, 5) is 0. The van der Waals surface area contributed by atoms with Crippen LogP contribution in [0.3, 0.4) is 0 Å². The predicted octanol–water partition coefficient (Wildman–Crippen LogP) is 4.62. The van der Waals surface area contributed by atoms with E-state index < -0.39 is 7.26 Å². The van der Waals surface area contributed by atoms with E-state index in [4.69, 9.17) is 0 Å². The maximum absolute atomic E-state index is 3.38. The van der Waals surface area contributed by atoms with Crippen LogP contribution in [0.25, 0.3) is 0 Å². The molecule has 0 saturated carbocycles. The molecule has 0 amide bonds. The Morgan fingerprint density at radius 2 is 1.35 bits per heavy atom. The van der Waals surface area contributed by atoms with Crippen molar-refractivity contribution in [3.8, 4) is 0 Å². The smallest absolute Gasteiger partial charge is 0.161 e. The molecular weight excluding hydrogens is 267 g/mol. The van der Waals surface area contributed by atoms with Gasteiger partial charge in [-0.1, -0.05) is 45.2 Å². The first-order valence-corrected chi connectivity index (χ1v) is 10.8. The van der Waals surface area contributed by atoms with Gasteiger partial charge in [-0.05, 0) is 26.2 Å². The summed E-state index contributed by atoms with van der Waals surface area (Å²) in [6, 6.07) is 0. The molecular formula is C15H34N4P+. The third kappa shape index (κ3) is 9.41. The molecule has 5 heteroatoms. The summed E-state index contributed by atoms with van der Waals surface area (Å²) in [6.45, 7) is 9.46. The van der Waals surface area contributed by atoms with Crippen molar-refractivity contribution in [1.82, 2.24) is 20.6 Å². The molecule has 1 aromatic heterocycles. The molecule has 0 saturated heterocycles. The average Bonchev–Trinajstić information content (AvgIpc) is 3.07. The van der Waals surface area contributed by atoms with Gasteiger partial charge in [-0.15, -0.1) is 10.2 Å². The van der Waals surface area contributed by atoms with Gasteiger partial charge in [0.15, 0.2) is 6.33 Å². The Morgan fingerprint density at radius 3 is 1.55 bits per heavy atom. The van der Waals surface area contributed by atoms with Crippen LogP contribution >= 0.6 is 7.26 Å². The molecule has 1 N–H and O–H groups in total. The number of rotatable bonds is 10. The van der Waals surface area contributed by atoms with Crippen LogP contribution in [-0.4, -0.2) is 45.3 Å². The monoisotopic (exact) mass is 301 g/mol. The van der Waals surface area contributed by atoms with Crippen molar-refractivity contribution in [3.05, 3.63) is 6.33 Å². The molecule has 1 heterocycles. The number of hydrogen-bond acceptors (Lipinski definition) is 3. The minimum Gasteiger partial charge on any atom is -0.177 e. The normalized spacial score (nSPS) is 11.0. The van der Waals surface area contributed by atoms with Gasteiger partial charge in [0.05, 0.1) is 24.6 Å². The summed E-state index contributed by atoms with van der Waals surface area (Å²) < 4.78 is 0. The predicted molar refractivity (Wildman–Crippen MR) is 91.0 cm³/mol. The highest BCUT2D eigenvalue weighted by atomic mass is 31.2. The summed E-state index contributed by atoms with van der Waals surface area (Å²) in [5.41, 5.74) is 0. The number of unbranched alkanes of at least 4 members (excludes halogenated alkanes) is 3. The van der Waals surface area contributed by atoms with Crippen LogP contribution in [0.1, 0.15) is 66.2 Å². The zero-order chi connectivity index (χ0) is 15.1. The minimum absolute atomic E-state index is 0.527. The zero-order valence-electron chi connectivity index (χ0n) is 13.9. The number of nitrogens with zero attached hydrogens (tertiary/aromatic N) is 3. The van der Waals surface area contributed by atoms with Gasteiger partial charge in [0, 0.05) is 7.26 Å². The van der Waals surface area contributed by atoms with Crippen molar-refractivity contribution >= 4 is 7.26 Å². The first-order chi connectivity index (χ1) is 9.74. The third-order valence-corrected chi connectivity index (χ3v) is 9.03. The maximum atomic E-state index is 3.38. The Morgan fingerprint density at radius 1 is 0.850 bits per heavy atom. The van der Waals surface area contributed by atoms with Gasteiger partial charge in [-0.2, -0.15) is 5.21 Å². The highest BCUT2D eigenvalue weighted by Crippen LogP contribution is 2.60. The summed E-state index contributed by atoms with van der Waals surface area (Å²) in [6.07, 6.45) is 16.2. The lowest BCUT2D eigenvalue weighted by atomic mass is 10.4. The molecule has 1 aromatic rings. The fraction of sp³-hybridized carbons (Fsp3) is 0.933. The number of tetrazole rings is 1. The van der Waals surface area contributed by atoms with E-state index >= 15 is 0 Å². The van der Waals surface area contributed by atoms with Gasteiger partial charge in [0.25, 0.3) is 0 Å². The van der Waals surface area contributed by atoms with E-state index in [9.17, 15) is 0 Å². The molecule has 0 atom stereocenters. The molecule has 0 aliphatic heterocycles. The average molecular weight is 301 g/mol. The molecule has 118 valence electrons. The largest absolute Gasteiger partial charge is 0.177 e. The number of hydrogen-bond donors (Lipinski definition) is 1. The minimum atomic E-state index is -0.527. The second-order valence-electron chi connectivity index (χ2n) is 5.45. The summed E-state index contributed by atoms with van der Waals surface area (Å²) in [5, 5.41) is 12.2. The Hall–Kier alpha value is -0.500. The lowest BCUT2D eigenvalue weighted by Crippen LogP contribution is -2.11. The molecule has 0 aliphatic rings. The molecule has 0 fully saturated rings. The van der Waals surface area contributed by atoms with Crippen molar-refractivity contribution in [2.45, 2.75) is 66.2 Å². The van der Waals surface area contributed by atoms with Crippen molar-refractivity contribution in [3.63, 3.8) is 0 Å². The van der Waals surface area contributed by atoms with Crippen molar-refractivity contribution in [1.29, 1.82) is 0 Å². The molecule has 20 heavy (non-hydrogen) atoms. The van der Waals surface area contributed by atoms with E-state index in [1.807, 2.05) is 0 Å². The number of aromatic nitrogens is 4. The van der Waals surface area contributed by atoms with Gasteiger partial charge in [0.2, 0.25) is 0 Å². The molecule has 4 nitrogen and oxygen atoms in total. The third-order valence-electron chi connectivity index (χ3n) is 3.90. The van der Waals surface area contributed by atoms with Gasteiger partial charge in [-0.3, -0.25) is 0 Å². The van der Waals surface area contributed by atoms with Crippen LogP contribution in [0.4, 0.5) is 0 Å². The first-order valence-electron chi connectivity index (χ1n) is 8.26. The first kappa shape index (κ1) is 19.5.